The second-order valence-corrected chi connectivity index (χ2v) is 6.99. The van der Waals surface area contributed by atoms with E-state index in [0.29, 0.717) is 17.5 Å². The number of hydrogen-bond acceptors (Lipinski definition) is 2. The summed E-state index contributed by atoms with van der Waals surface area (Å²) in [5.74, 6) is -0.896. The summed E-state index contributed by atoms with van der Waals surface area (Å²) in [6, 6.07) is 6.08. The number of hydrogen-bond donors (Lipinski definition) is 2. The molecule has 0 saturated heterocycles. The summed E-state index contributed by atoms with van der Waals surface area (Å²) in [7, 11) is 0. The number of primary amides is 2. The molecule has 0 fully saturated rings. The lowest BCUT2D eigenvalue weighted by Crippen LogP contribution is -2.50. The molecule has 4 N–H and O–H groups in total. The minimum absolute atomic E-state index is 0.00845. The van der Waals surface area contributed by atoms with Crippen LogP contribution in [0.3, 0.4) is 0 Å². The summed E-state index contributed by atoms with van der Waals surface area (Å²) in [6.45, 7) is 1.14. The molecule has 0 spiro atoms. The Labute approximate surface area is 175 Å². The molecule has 5 nitrogen and oxygen atoms in total. The van der Waals surface area contributed by atoms with Crippen LogP contribution in [0, 0.1) is 6.92 Å². The van der Waals surface area contributed by atoms with E-state index >= 15 is 0 Å². The molecule has 0 aliphatic heterocycles. The first-order chi connectivity index (χ1) is 14.6. The van der Waals surface area contributed by atoms with Crippen LogP contribution >= 0.6 is 0 Å². The number of nitrogens with two attached hydrogens (primary N) is 2. The molecule has 32 heavy (non-hydrogen) atoms. The lowest BCUT2D eigenvalue weighted by Gasteiger charge is -2.30. The predicted molar refractivity (Wildman–Crippen MR) is 101 cm³/mol. The highest BCUT2D eigenvalue weighted by molar-refractivity contribution is 6.09. The third-order valence-electron chi connectivity index (χ3n) is 4.99. The van der Waals surface area contributed by atoms with E-state index < -0.39 is 35.5 Å². The highest BCUT2D eigenvalue weighted by atomic mass is 19.4. The maximum absolute atomic E-state index is 14.4. The lowest BCUT2D eigenvalue weighted by atomic mass is 9.90. The molecule has 1 aromatic heterocycles. The largest absolute Gasteiger partial charge is 0.435 e. The van der Waals surface area contributed by atoms with Crippen molar-refractivity contribution in [3.05, 3.63) is 59.2 Å². The van der Waals surface area contributed by atoms with Crippen molar-refractivity contribution in [2.75, 3.05) is 0 Å². The van der Waals surface area contributed by atoms with E-state index in [9.17, 15) is 40.3 Å². The Kier molecular flexibility index (Phi) is 5.23. The van der Waals surface area contributed by atoms with Gasteiger partial charge in [-0.15, -0.1) is 0 Å². The van der Waals surface area contributed by atoms with Gasteiger partial charge in [0.05, 0.1) is 16.8 Å². The minimum Gasteiger partial charge on any atom is -0.366 e. The van der Waals surface area contributed by atoms with Crippen molar-refractivity contribution in [3.63, 3.8) is 0 Å². The number of nitrogens with zero attached hydrogens (tertiary/aromatic N) is 1. The van der Waals surface area contributed by atoms with Gasteiger partial charge in [0.15, 0.2) is 0 Å². The monoisotopic (exact) mass is 461 g/mol. The van der Waals surface area contributed by atoms with Gasteiger partial charge in [-0.3, -0.25) is 9.36 Å². The van der Waals surface area contributed by atoms with Crippen LogP contribution in [0.1, 0.15) is 21.5 Å². The van der Waals surface area contributed by atoms with Crippen LogP contribution < -0.4 is 11.5 Å². The fraction of sp³-hybridized carbons (Fsp3) is 0.200. The van der Waals surface area contributed by atoms with Gasteiger partial charge in [-0.25, -0.2) is 9.18 Å². The molecule has 0 radical (unpaired) electrons. The fourth-order valence-electron chi connectivity index (χ4n) is 3.54. The van der Waals surface area contributed by atoms with Crippen LogP contribution in [0.15, 0.2) is 42.5 Å². The van der Waals surface area contributed by atoms with Gasteiger partial charge in [0.2, 0.25) is 0 Å². The molecule has 2 aromatic carbocycles. The molecule has 12 heteroatoms. The summed E-state index contributed by atoms with van der Waals surface area (Å²) in [5.41, 5.74) is 3.14. The van der Waals surface area contributed by atoms with Crippen molar-refractivity contribution >= 4 is 22.8 Å². The Bertz CT molecular complexity index is 1230. The maximum atomic E-state index is 14.4. The average Bonchev–Trinajstić information content (AvgIpc) is 3.04. The smallest absolute Gasteiger partial charge is 0.366 e. The number of carbonyl (C=O) groups is 2. The van der Waals surface area contributed by atoms with E-state index in [1.54, 1.807) is 0 Å². The number of para-hydroxylation sites is 1. The molecular formula is C20H14F7N3O2. The van der Waals surface area contributed by atoms with Crippen LogP contribution in [-0.2, 0) is 5.67 Å². The summed E-state index contributed by atoms with van der Waals surface area (Å²) < 4.78 is 93.6. The van der Waals surface area contributed by atoms with Crippen molar-refractivity contribution < 1.29 is 40.3 Å². The molecule has 0 atom stereocenters. The summed E-state index contributed by atoms with van der Waals surface area (Å²) in [6.07, 6.45) is -12.5. The fourth-order valence-corrected chi connectivity index (χ4v) is 3.54. The van der Waals surface area contributed by atoms with Crippen molar-refractivity contribution in [1.29, 1.82) is 0 Å². The Morgan fingerprint density at radius 3 is 1.94 bits per heavy atom. The summed E-state index contributed by atoms with van der Waals surface area (Å²) >= 11 is 0. The van der Waals surface area contributed by atoms with Gasteiger partial charge in [0.25, 0.3) is 5.91 Å². The highest BCUT2D eigenvalue weighted by Gasteiger charge is 2.73. The van der Waals surface area contributed by atoms with Crippen molar-refractivity contribution in [1.82, 2.24) is 4.57 Å². The second-order valence-electron chi connectivity index (χ2n) is 6.99. The van der Waals surface area contributed by atoms with E-state index in [-0.39, 0.29) is 27.9 Å². The van der Waals surface area contributed by atoms with Crippen LogP contribution in [0.2, 0.25) is 0 Å². The van der Waals surface area contributed by atoms with Gasteiger partial charge < -0.3 is 11.5 Å². The zero-order chi connectivity index (χ0) is 24.2. The number of carbonyl (C=O) groups excluding carboxylic acids is 2. The quantitative estimate of drug-likeness (QED) is 0.542. The van der Waals surface area contributed by atoms with Gasteiger partial charge in [0, 0.05) is 16.5 Å². The van der Waals surface area contributed by atoms with Crippen molar-refractivity contribution in [3.8, 4) is 11.3 Å². The molecule has 1 heterocycles. The van der Waals surface area contributed by atoms with Crippen molar-refractivity contribution in [2.45, 2.75) is 24.9 Å². The number of aryl methyl sites for hydroxylation is 1. The first-order valence-corrected chi connectivity index (χ1v) is 8.79. The van der Waals surface area contributed by atoms with Crippen LogP contribution in [0.4, 0.5) is 35.5 Å². The van der Waals surface area contributed by atoms with Crippen molar-refractivity contribution in [2.24, 2.45) is 11.5 Å². The van der Waals surface area contributed by atoms with E-state index in [1.807, 2.05) is 0 Å². The van der Waals surface area contributed by atoms with Gasteiger partial charge in [-0.05, 0) is 24.6 Å². The standard InChI is InChI=1S/C20H14F7N3O2/c1-9-7-11(18(21,19(22,23)24)20(25,26)27)5-6-12(9)14-8-10-3-2-4-13(16(28)31)15(10)30(14)17(29)32/h2-8H,1H3,(H2,28,31)(H2,29,32). The van der Waals surface area contributed by atoms with Gasteiger partial charge in [0.1, 0.15) is 0 Å². The van der Waals surface area contributed by atoms with Gasteiger partial charge in [-0.1, -0.05) is 30.3 Å². The first-order valence-electron chi connectivity index (χ1n) is 8.79. The number of aromatic nitrogens is 1. The average molecular weight is 461 g/mol. The molecule has 0 aliphatic carbocycles. The van der Waals surface area contributed by atoms with Gasteiger partial charge >= 0.3 is 24.1 Å². The molecule has 0 unspecified atom stereocenters. The molecule has 3 rings (SSSR count). The molecule has 0 saturated carbocycles. The lowest BCUT2D eigenvalue weighted by molar-refractivity contribution is -0.348. The number of rotatable bonds is 3. The minimum atomic E-state index is -6.27. The molecule has 0 bridgehead atoms. The van der Waals surface area contributed by atoms with Crippen LogP contribution in [-0.4, -0.2) is 28.9 Å². The SMILES string of the molecule is Cc1cc(C(F)(C(F)(F)F)C(F)(F)F)ccc1-c1cc2cccc(C(N)=O)c2n1C(N)=O. The third-order valence-corrected chi connectivity index (χ3v) is 4.99. The van der Waals surface area contributed by atoms with E-state index in [4.69, 9.17) is 11.5 Å². The highest BCUT2D eigenvalue weighted by Crippen LogP contribution is 2.53. The Balaban J connectivity index is 2.30. The normalized spacial score (nSPS) is 12.9. The van der Waals surface area contributed by atoms with E-state index in [2.05, 4.69) is 0 Å². The summed E-state index contributed by atoms with van der Waals surface area (Å²) in [5, 5.41) is 0.309. The predicted octanol–water partition coefficient (Wildman–Crippen LogP) is 4.93. The van der Waals surface area contributed by atoms with E-state index in [0.717, 1.165) is 17.6 Å². The molecule has 170 valence electrons. The summed E-state index contributed by atoms with van der Waals surface area (Å²) in [4.78, 5) is 23.9. The number of benzene rings is 2. The molecule has 2 amide bonds. The first kappa shape index (κ1) is 23.1. The number of alkyl halides is 7. The van der Waals surface area contributed by atoms with Gasteiger partial charge in [-0.2, -0.15) is 26.3 Å². The molecular weight excluding hydrogens is 447 g/mol. The zero-order valence-corrected chi connectivity index (χ0v) is 16.1. The Morgan fingerprint density at radius 2 is 1.47 bits per heavy atom. The Morgan fingerprint density at radius 1 is 0.875 bits per heavy atom. The second kappa shape index (κ2) is 7.24. The number of halogens is 7. The third kappa shape index (κ3) is 3.35. The number of amides is 2. The topological polar surface area (TPSA) is 91.1 Å². The zero-order valence-electron chi connectivity index (χ0n) is 16.1. The van der Waals surface area contributed by atoms with Crippen LogP contribution in [0.5, 0.6) is 0 Å². The number of fused-ring (bicyclic) bond motifs is 1. The Hall–Kier alpha value is -3.57. The molecule has 3 aromatic rings. The molecule has 0 aliphatic rings. The van der Waals surface area contributed by atoms with Crippen LogP contribution in [0.25, 0.3) is 22.2 Å². The van der Waals surface area contributed by atoms with E-state index in [1.165, 1.54) is 24.3 Å². The maximum Gasteiger partial charge on any atom is 0.435 e.